The molecule has 0 atom stereocenters. The zero-order valence-corrected chi connectivity index (χ0v) is 14.8. The van der Waals surface area contributed by atoms with Gasteiger partial charge in [0.15, 0.2) is 5.16 Å². The summed E-state index contributed by atoms with van der Waals surface area (Å²) < 4.78 is 1.69. The lowest BCUT2D eigenvalue weighted by Gasteiger charge is -2.13. The molecule has 3 aromatic rings. The van der Waals surface area contributed by atoms with Gasteiger partial charge in [-0.15, -0.1) is 11.3 Å². The second kappa shape index (κ2) is 6.08. The Morgan fingerprint density at radius 2 is 2.21 bits per heavy atom. The molecule has 1 aliphatic carbocycles. The molecule has 2 heterocycles. The standard InChI is InChI=1S/C18H15N3OS2/c1-11-5-2-3-7-13(11)21-17(22)15-12-6-4-8-14(12)24-16(15)20-18(21)23-10-9-19/h2-3,5,7H,4,6,8,10H2,1H3. The molecular weight excluding hydrogens is 338 g/mol. The summed E-state index contributed by atoms with van der Waals surface area (Å²) in [5.74, 6) is 0.273. The van der Waals surface area contributed by atoms with Crippen molar-refractivity contribution in [1.29, 1.82) is 5.26 Å². The van der Waals surface area contributed by atoms with Crippen molar-refractivity contribution in [3.63, 3.8) is 0 Å². The maximum atomic E-state index is 13.3. The summed E-state index contributed by atoms with van der Waals surface area (Å²) in [4.78, 5) is 20.2. The van der Waals surface area contributed by atoms with Gasteiger partial charge in [0.05, 0.1) is 22.9 Å². The van der Waals surface area contributed by atoms with Crippen molar-refractivity contribution < 1.29 is 0 Å². The summed E-state index contributed by atoms with van der Waals surface area (Å²) in [5.41, 5.74) is 3.04. The van der Waals surface area contributed by atoms with E-state index in [2.05, 4.69) is 6.07 Å². The summed E-state index contributed by atoms with van der Waals surface area (Å²) in [5, 5.41) is 10.3. The highest BCUT2D eigenvalue weighted by Crippen LogP contribution is 2.36. The monoisotopic (exact) mass is 353 g/mol. The van der Waals surface area contributed by atoms with E-state index in [1.807, 2.05) is 31.2 Å². The highest BCUT2D eigenvalue weighted by Gasteiger charge is 2.24. The molecule has 0 bridgehead atoms. The van der Waals surface area contributed by atoms with Crippen LogP contribution in [0.5, 0.6) is 0 Å². The van der Waals surface area contributed by atoms with Crippen LogP contribution in [0.3, 0.4) is 0 Å². The topological polar surface area (TPSA) is 58.7 Å². The van der Waals surface area contributed by atoms with E-state index in [-0.39, 0.29) is 11.3 Å². The second-order valence-corrected chi connectivity index (χ2v) is 7.83. The minimum atomic E-state index is -0.00543. The first kappa shape index (κ1) is 15.4. The Balaban J connectivity index is 2.06. The predicted octanol–water partition coefficient (Wildman–Crippen LogP) is 3.86. The Morgan fingerprint density at radius 1 is 1.38 bits per heavy atom. The molecule has 0 N–H and O–H groups in total. The molecule has 1 aliphatic rings. The lowest BCUT2D eigenvalue weighted by molar-refractivity contribution is 0.816. The van der Waals surface area contributed by atoms with Crippen molar-refractivity contribution in [3.8, 4) is 11.8 Å². The first-order valence-corrected chi connectivity index (χ1v) is 9.64. The number of aryl methyl sites for hydroxylation is 3. The first-order valence-electron chi connectivity index (χ1n) is 7.83. The molecule has 0 fully saturated rings. The lowest BCUT2D eigenvalue weighted by atomic mass is 10.2. The van der Waals surface area contributed by atoms with Gasteiger partial charge in [0.2, 0.25) is 0 Å². The van der Waals surface area contributed by atoms with E-state index in [9.17, 15) is 4.79 Å². The minimum absolute atomic E-state index is 0.00543. The van der Waals surface area contributed by atoms with Crippen molar-refractivity contribution in [2.75, 3.05) is 5.75 Å². The lowest BCUT2D eigenvalue weighted by Crippen LogP contribution is -2.22. The van der Waals surface area contributed by atoms with E-state index in [1.54, 1.807) is 15.9 Å². The van der Waals surface area contributed by atoms with Gasteiger partial charge in [0.1, 0.15) is 4.83 Å². The van der Waals surface area contributed by atoms with Crippen LogP contribution in [0.25, 0.3) is 15.9 Å². The summed E-state index contributed by atoms with van der Waals surface area (Å²) in [6, 6.07) is 9.94. The number of para-hydroxylation sites is 1. The fourth-order valence-corrected chi connectivity index (χ4v) is 5.21. The molecule has 4 rings (SSSR count). The van der Waals surface area contributed by atoms with Crippen LogP contribution in [0.1, 0.15) is 22.4 Å². The average molecular weight is 353 g/mol. The van der Waals surface area contributed by atoms with Crippen molar-refractivity contribution >= 4 is 33.3 Å². The first-order chi connectivity index (χ1) is 11.7. The van der Waals surface area contributed by atoms with Gasteiger partial charge in [0, 0.05) is 4.88 Å². The number of thiophene rings is 1. The van der Waals surface area contributed by atoms with Crippen LogP contribution in [0.2, 0.25) is 0 Å². The van der Waals surface area contributed by atoms with Gasteiger partial charge in [-0.1, -0.05) is 30.0 Å². The third-order valence-electron chi connectivity index (χ3n) is 4.33. The molecule has 4 nitrogen and oxygen atoms in total. The Labute approximate surface area is 147 Å². The van der Waals surface area contributed by atoms with Gasteiger partial charge < -0.3 is 0 Å². The van der Waals surface area contributed by atoms with Gasteiger partial charge in [-0.2, -0.15) is 5.26 Å². The fraction of sp³-hybridized carbons (Fsp3) is 0.278. The zero-order valence-electron chi connectivity index (χ0n) is 13.2. The highest BCUT2D eigenvalue weighted by molar-refractivity contribution is 7.99. The molecule has 120 valence electrons. The highest BCUT2D eigenvalue weighted by atomic mass is 32.2. The van der Waals surface area contributed by atoms with Crippen LogP contribution in [-0.4, -0.2) is 15.3 Å². The van der Waals surface area contributed by atoms with Crippen molar-refractivity contribution in [3.05, 3.63) is 50.6 Å². The number of fused-ring (bicyclic) bond motifs is 3. The molecule has 0 spiro atoms. The molecule has 0 saturated heterocycles. The Kier molecular flexibility index (Phi) is 3.91. The molecule has 0 saturated carbocycles. The minimum Gasteiger partial charge on any atom is -0.268 e. The molecule has 0 aliphatic heterocycles. The van der Waals surface area contributed by atoms with E-state index in [4.69, 9.17) is 10.2 Å². The van der Waals surface area contributed by atoms with Gasteiger partial charge in [-0.3, -0.25) is 9.36 Å². The van der Waals surface area contributed by atoms with Crippen LogP contribution in [0.4, 0.5) is 0 Å². The summed E-state index contributed by atoms with van der Waals surface area (Å²) in [6.07, 6.45) is 3.12. The molecule has 0 unspecified atom stereocenters. The van der Waals surface area contributed by atoms with E-state index in [1.165, 1.54) is 22.2 Å². The molecule has 6 heteroatoms. The van der Waals surface area contributed by atoms with Crippen LogP contribution >= 0.6 is 23.1 Å². The van der Waals surface area contributed by atoms with Crippen molar-refractivity contribution in [2.24, 2.45) is 0 Å². The SMILES string of the molecule is Cc1ccccc1-n1c(SCC#N)nc2sc3c(c2c1=O)CCC3. The largest absolute Gasteiger partial charge is 0.268 e. The number of hydrogen-bond donors (Lipinski definition) is 0. The van der Waals surface area contributed by atoms with Crippen LogP contribution < -0.4 is 5.56 Å². The van der Waals surface area contributed by atoms with Gasteiger partial charge in [-0.25, -0.2) is 4.98 Å². The molecule has 1 aromatic carbocycles. The van der Waals surface area contributed by atoms with Crippen LogP contribution in [-0.2, 0) is 12.8 Å². The molecule has 24 heavy (non-hydrogen) atoms. The second-order valence-electron chi connectivity index (χ2n) is 5.81. The van der Waals surface area contributed by atoms with E-state index >= 15 is 0 Å². The fourth-order valence-electron chi connectivity index (χ4n) is 3.25. The van der Waals surface area contributed by atoms with Crippen LogP contribution in [0, 0.1) is 18.3 Å². The van der Waals surface area contributed by atoms with Crippen molar-refractivity contribution in [1.82, 2.24) is 9.55 Å². The van der Waals surface area contributed by atoms with E-state index in [0.717, 1.165) is 40.7 Å². The van der Waals surface area contributed by atoms with Crippen molar-refractivity contribution in [2.45, 2.75) is 31.3 Å². The van der Waals surface area contributed by atoms with Gasteiger partial charge in [0.25, 0.3) is 5.56 Å². The summed E-state index contributed by atoms with van der Waals surface area (Å²) in [6.45, 7) is 1.99. The third kappa shape index (κ3) is 2.36. The number of rotatable bonds is 3. The van der Waals surface area contributed by atoms with Gasteiger partial charge >= 0.3 is 0 Å². The summed E-state index contributed by atoms with van der Waals surface area (Å²) in [7, 11) is 0. The number of nitriles is 1. The maximum Gasteiger partial charge on any atom is 0.267 e. The molecular formula is C18H15N3OS2. The Morgan fingerprint density at radius 3 is 3.00 bits per heavy atom. The molecule has 2 aromatic heterocycles. The number of hydrogen-bond acceptors (Lipinski definition) is 5. The zero-order chi connectivity index (χ0) is 16.7. The molecule has 0 amide bonds. The van der Waals surface area contributed by atoms with E-state index in [0.29, 0.717) is 5.16 Å². The summed E-state index contributed by atoms with van der Waals surface area (Å²) >= 11 is 2.95. The van der Waals surface area contributed by atoms with Crippen LogP contribution in [0.15, 0.2) is 34.2 Å². The Bertz CT molecular complexity index is 1040. The van der Waals surface area contributed by atoms with E-state index < -0.39 is 0 Å². The number of nitrogens with zero attached hydrogens (tertiary/aromatic N) is 3. The Hall–Kier alpha value is -2.10. The van der Waals surface area contributed by atoms with Gasteiger partial charge in [-0.05, 0) is 43.4 Å². The quantitative estimate of drug-likeness (QED) is 0.530. The normalized spacial score (nSPS) is 13.2. The number of thioether (sulfide) groups is 1. The third-order valence-corrected chi connectivity index (χ3v) is 6.32. The maximum absolute atomic E-state index is 13.3. The average Bonchev–Trinajstić information content (AvgIpc) is 3.14. The number of aromatic nitrogens is 2. The molecule has 0 radical (unpaired) electrons. The number of benzene rings is 1. The smallest absolute Gasteiger partial charge is 0.267 e. The predicted molar refractivity (Wildman–Crippen MR) is 98.3 cm³/mol.